The summed E-state index contributed by atoms with van der Waals surface area (Å²) in [7, 11) is 0. The van der Waals surface area contributed by atoms with Crippen molar-refractivity contribution in [1.82, 2.24) is 0 Å². The van der Waals surface area contributed by atoms with E-state index in [0.29, 0.717) is 16.4 Å². The summed E-state index contributed by atoms with van der Waals surface area (Å²) in [5.74, 6) is -0.419. The molecule has 1 aromatic carbocycles. The van der Waals surface area contributed by atoms with Gasteiger partial charge < -0.3 is 16.4 Å². The van der Waals surface area contributed by atoms with Gasteiger partial charge >= 0.3 is 0 Å². The first kappa shape index (κ1) is 16.5. The smallest absolute Gasteiger partial charge is 0.238 e. The molecule has 0 unspecified atom stereocenters. The molecule has 5 nitrogen and oxygen atoms in total. The van der Waals surface area contributed by atoms with Crippen molar-refractivity contribution >= 4 is 34.8 Å². The number of anilines is 2. The highest BCUT2D eigenvalue weighted by Gasteiger charge is 2.15. The van der Waals surface area contributed by atoms with Crippen LogP contribution in [-0.2, 0) is 9.59 Å². The molecule has 0 atom stereocenters. The van der Waals surface area contributed by atoms with Crippen LogP contribution < -0.4 is 16.4 Å². The molecule has 0 aliphatic carbocycles. The number of nitrogens with two attached hydrogens (primary N) is 1. The molecule has 4 N–H and O–H groups in total. The van der Waals surface area contributed by atoms with Crippen molar-refractivity contribution in [2.24, 2.45) is 11.7 Å². The van der Waals surface area contributed by atoms with Gasteiger partial charge in [0.15, 0.2) is 0 Å². The lowest BCUT2D eigenvalue weighted by Gasteiger charge is -2.14. The Kier molecular flexibility index (Phi) is 6.48. The Morgan fingerprint density at radius 2 is 1.90 bits per heavy atom. The minimum atomic E-state index is -0.301. The van der Waals surface area contributed by atoms with E-state index in [-0.39, 0.29) is 24.3 Å². The SMILES string of the molecule is CCC(CC)C(=O)Nc1cc(NC(=O)CN)ccc1Cl. The van der Waals surface area contributed by atoms with Crippen LogP contribution in [0.4, 0.5) is 11.4 Å². The highest BCUT2D eigenvalue weighted by Crippen LogP contribution is 2.26. The molecular formula is C14H20ClN3O2. The van der Waals surface area contributed by atoms with Crippen molar-refractivity contribution in [2.45, 2.75) is 26.7 Å². The summed E-state index contributed by atoms with van der Waals surface area (Å²) in [6.07, 6.45) is 1.53. The number of hydrogen-bond acceptors (Lipinski definition) is 3. The Morgan fingerprint density at radius 3 is 2.45 bits per heavy atom. The van der Waals surface area contributed by atoms with Crippen LogP contribution in [0.2, 0.25) is 5.02 Å². The van der Waals surface area contributed by atoms with Gasteiger partial charge in [0.1, 0.15) is 0 Å². The Balaban J connectivity index is 2.86. The zero-order valence-electron chi connectivity index (χ0n) is 11.7. The fraction of sp³-hybridized carbons (Fsp3) is 0.429. The van der Waals surface area contributed by atoms with Crippen LogP contribution in [0.3, 0.4) is 0 Å². The molecule has 0 radical (unpaired) electrons. The van der Waals surface area contributed by atoms with Gasteiger partial charge in [0.25, 0.3) is 0 Å². The number of hydrogen-bond donors (Lipinski definition) is 3. The molecule has 0 aliphatic rings. The van der Waals surface area contributed by atoms with E-state index in [4.69, 9.17) is 17.3 Å². The maximum Gasteiger partial charge on any atom is 0.238 e. The lowest BCUT2D eigenvalue weighted by atomic mass is 10.0. The lowest BCUT2D eigenvalue weighted by Crippen LogP contribution is -2.23. The standard InChI is InChI=1S/C14H20ClN3O2/c1-3-9(4-2)14(20)18-12-7-10(5-6-11(12)15)17-13(19)8-16/h5-7,9H,3-4,8,16H2,1-2H3,(H,17,19)(H,18,20). The first-order valence-electron chi connectivity index (χ1n) is 6.62. The number of carbonyl (C=O) groups excluding carboxylic acids is 2. The van der Waals surface area contributed by atoms with Crippen molar-refractivity contribution in [2.75, 3.05) is 17.2 Å². The monoisotopic (exact) mass is 297 g/mol. The van der Waals surface area contributed by atoms with Gasteiger partial charge in [-0.25, -0.2) is 0 Å². The molecule has 110 valence electrons. The van der Waals surface area contributed by atoms with Gasteiger partial charge in [-0.05, 0) is 31.0 Å². The maximum atomic E-state index is 12.0. The average Bonchev–Trinajstić information content (AvgIpc) is 2.43. The fourth-order valence-corrected chi connectivity index (χ4v) is 1.97. The van der Waals surface area contributed by atoms with Crippen LogP contribution in [0.15, 0.2) is 18.2 Å². The molecule has 0 aromatic heterocycles. The van der Waals surface area contributed by atoms with Gasteiger partial charge in [-0.1, -0.05) is 25.4 Å². The normalized spacial score (nSPS) is 10.4. The first-order chi connectivity index (χ1) is 9.51. The second-order valence-corrected chi connectivity index (χ2v) is 4.86. The Hall–Kier alpha value is -1.59. The summed E-state index contributed by atoms with van der Waals surface area (Å²) < 4.78 is 0. The number of rotatable bonds is 6. The van der Waals surface area contributed by atoms with E-state index >= 15 is 0 Å². The van der Waals surface area contributed by atoms with Gasteiger partial charge in [0.05, 0.1) is 17.3 Å². The third-order valence-electron chi connectivity index (χ3n) is 3.05. The molecule has 6 heteroatoms. The predicted molar refractivity (Wildman–Crippen MR) is 81.8 cm³/mol. The van der Waals surface area contributed by atoms with E-state index in [1.807, 2.05) is 13.8 Å². The number of carbonyl (C=O) groups is 2. The van der Waals surface area contributed by atoms with Gasteiger partial charge in [-0.3, -0.25) is 9.59 Å². The van der Waals surface area contributed by atoms with Crippen LogP contribution in [-0.4, -0.2) is 18.4 Å². The lowest BCUT2D eigenvalue weighted by molar-refractivity contribution is -0.120. The number of benzene rings is 1. The molecule has 0 aliphatic heterocycles. The second kappa shape index (κ2) is 7.87. The largest absolute Gasteiger partial charge is 0.325 e. The molecule has 0 spiro atoms. The van der Waals surface area contributed by atoms with E-state index < -0.39 is 0 Å². The van der Waals surface area contributed by atoms with Crippen molar-refractivity contribution in [3.05, 3.63) is 23.2 Å². The highest BCUT2D eigenvalue weighted by molar-refractivity contribution is 6.33. The topological polar surface area (TPSA) is 84.2 Å². The molecule has 0 saturated heterocycles. The molecule has 2 amide bonds. The van der Waals surface area contributed by atoms with Gasteiger partial charge in [0.2, 0.25) is 11.8 Å². The van der Waals surface area contributed by atoms with Crippen molar-refractivity contribution < 1.29 is 9.59 Å². The van der Waals surface area contributed by atoms with Crippen molar-refractivity contribution in [1.29, 1.82) is 0 Å². The quantitative estimate of drug-likeness (QED) is 0.754. The summed E-state index contributed by atoms with van der Waals surface area (Å²) in [6, 6.07) is 4.90. The van der Waals surface area contributed by atoms with Gasteiger partial charge in [-0.2, -0.15) is 0 Å². The zero-order valence-corrected chi connectivity index (χ0v) is 12.5. The number of nitrogens with one attached hydrogen (secondary N) is 2. The average molecular weight is 298 g/mol. The summed E-state index contributed by atoms with van der Waals surface area (Å²) in [5, 5.41) is 5.83. The summed E-state index contributed by atoms with van der Waals surface area (Å²) in [5.41, 5.74) is 6.27. The van der Waals surface area contributed by atoms with Crippen molar-refractivity contribution in [3.63, 3.8) is 0 Å². The van der Waals surface area contributed by atoms with E-state index in [0.717, 1.165) is 12.8 Å². The minimum absolute atomic E-state index is 0.0478. The number of amides is 2. The maximum absolute atomic E-state index is 12.0. The van der Waals surface area contributed by atoms with Crippen LogP contribution in [0, 0.1) is 5.92 Å². The van der Waals surface area contributed by atoms with Crippen LogP contribution in [0.25, 0.3) is 0 Å². The molecule has 0 bridgehead atoms. The van der Waals surface area contributed by atoms with Crippen LogP contribution >= 0.6 is 11.6 Å². The molecule has 0 heterocycles. The summed E-state index contributed by atoms with van der Waals surface area (Å²) in [4.78, 5) is 23.3. The first-order valence-corrected chi connectivity index (χ1v) is 6.99. The Labute approximate surface area is 123 Å². The molecule has 20 heavy (non-hydrogen) atoms. The molecule has 1 rings (SSSR count). The zero-order chi connectivity index (χ0) is 15.1. The van der Waals surface area contributed by atoms with Crippen LogP contribution in [0.5, 0.6) is 0 Å². The highest BCUT2D eigenvalue weighted by atomic mass is 35.5. The molecule has 1 aromatic rings. The minimum Gasteiger partial charge on any atom is -0.325 e. The summed E-state index contributed by atoms with van der Waals surface area (Å²) in [6.45, 7) is 3.83. The molecular weight excluding hydrogens is 278 g/mol. The number of halogens is 1. The summed E-state index contributed by atoms with van der Waals surface area (Å²) >= 11 is 6.05. The molecule has 0 fully saturated rings. The van der Waals surface area contributed by atoms with E-state index in [1.165, 1.54) is 0 Å². The second-order valence-electron chi connectivity index (χ2n) is 4.45. The van der Waals surface area contributed by atoms with Crippen LogP contribution in [0.1, 0.15) is 26.7 Å². The van der Waals surface area contributed by atoms with Crippen molar-refractivity contribution in [3.8, 4) is 0 Å². The Bertz CT molecular complexity index is 487. The third kappa shape index (κ3) is 4.51. The fourth-order valence-electron chi connectivity index (χ4n) is 1.81. The predicted octanol–water partition coefficient (Wildman–Crippen LogP) is 2.61. The van der Waals surface area contributed by atoms with Gasteiger partial charge in [-0.15, -0.1) is 0 Å². The van der Waals surface area contributed by atoms with Gasteiger partial charge in [0, 0.05) is 11.6 Å². The van der Waals surface area contributed by atoms with E-state index in [2.05, 4.69) is 10.6 Å². The van der Waals surface area contributed by atoms with E-state index in [9.17, 15) is 9.59 Å². The molecule has 0 saturated carbocycles. The Morgan fingerprint density at radius 1 is 1.25 bits per heavy atom. The van der Waals surface area contributed by atoms with E-state index in [1.54, 1.807) is 18.2 Å². The third-order valence-corrected chi connectivity index (χ3v) is 3.38.